The fourth-order valence-electron chi connectivity index (χ4n) is 2.59. The average molecular weight is 328 g/mol. The Bertz CT molecular complexity index is 904. The van der Waals surface area contributed by atoms with Gasteiger partial charge >= 0.3 is 0 Å². The van der Waals surface area contributed by atoms with Crippen molar-refractivity contribution in [3.63, 3.8) is 0 Å². The largest absolute Gasteiger partial charge is 0.296 e. The molecule has 23 heavy (non-hydrogen) atoms. The lowest BCUT2D eigenvalue weighted by atomic mass is 10.2. The number of hydrogen-bond donors (Lipinski definition) is 0. The molecule has 0 fully saturated rings. The van der Waals surface area contributed by atoms with Crippen molar-refractivity contribution in [1.82, 2.24) is 14.3 Å². The second-order valence-corrected chi connectivity index (χ2v) is 6.19. The van der Waals surface area contributed by atoms with E-state index in [0.29, 0.717) is 18.7 Å². The van der Waals surface area contributed by atoms with Crippen molar-refractivity contribution in [3.05, 3.63) is 80.9 Å². The first-order valence-electron chi connectivity index (χ1n) is 7.44. The van der Waals surface area contributed by atoms with E-state index in [0.717, 1.165) is 21.8 Å². The highest BCUT2D eigenvalue weighted by molar-refractivity contribution is 6.31. The van der Waals surface area contributed by atoms with Gasteiger partial charge in [-0.3, -0.25) is 14.1 Å². The van der Waals surface area contributed by atoms with Crippen molar-refractivity contribution < 1.29 is 0 Å². The van der Waals surface area contributed by atoms with E-state index in [-0.39, 0.29) is 5.56 Å². The number of rotatable bonds is 4. The minimum Gasteiger partial charge on any atom is -0.296 e. The third kappa shape index (κ3) is 3.60. The number of aromatic nitrogens is 2. The summed E-state index contributed by atoms with van der Waals surface area (Å²) in [6, 6.07) is 13.2. The summed E-state index contributed by atoms with van der Waals surface area (Å²) >= 11 is 6.19. The molecule has 2 heterocycles. The van der Waals surface area contributed by atoms with Crippen LogP contribution in [-0.2, 0) is 13.1 Å². The van der Waals surface area contributed by atoms with Crippen molar-refractivity contribution in [2.45, 2.75) is 20.0 Å². The highest BCUT2D eigenvalue weighted by Gasteiger charge is 2.08. The number of benzene rings is 1. The van der Waals surface area contributed by atoms with Crippen LogP contribution in [0.3, 0.4) is 0 Å². The number of fused-ring (bicyclic) bond motifs is 1. The summed E-state index contributed by atoms with van der Waals surface area (Å²) in [4.78, 5) is 18.9. The van der Waals surface area contributed by atoms with Crippen molar-refractivity contribution in [3.8, 4) is 0 Å². The monoisotopic (exact) mass is 327 g/mol. The Morgan fingerprint density at radius 1 is 1.17 bits per heavy atom. The van der Waals surface area contributed by atoms with Crippen LogP contribution in [-0.4, -0.2) is 21.3 Å². The highest BCUT2D eigenvalue weighted by Crippen LogP contribution is 2.17. The fraction of sp³-hybridized carbons (Fsp3) is 0.222. The summed E-state index contributed by atoms with van der Waals surface area (Å²) in [5, 5.41) is 0.751. The maximum Gasteiger partial charge on any atom is 0.258 e. The van der Waals surface area contributed by atoms with Gasteiger partial charge in [-0.1, -0.05) is 35.9 Å². The van der Waals surface area contributed by atoms with E-state index in [4.69, 9.17) is 11.6 Å². The molecule has 0 amide bonds. The van der Waals surface area contributed by atoms with E-state index >= 15 is 0 Å². The molecule has 0 aliphatic rings. The van der Waals surface area contributed by atoms with Crippen LogP contribution in [0.4, 0.5) is 0 Å². The van der Waals surface area contributed by atoms with E-state index in [1.165, 1.54) is 0 Å². The van der Waals surface area contributed by atoms with Crippen LogP contribution < -0.4 is 5.56 Å². The van der Waals surface area contributed by atoms with Gasteiger partial charge in [-0.25, -0.2) is 4.98 Å². The van der Waals surface area contributed by atoms with E-state index in [1.54, 1.807) is 10.5 Å². The van der Waals surface area contributed by atoms with Gasteiger partial charge in [-0.2, -0.15) is 0 Å². The molecule has 0 aliphatic carbocycles. The predicted molar refractivity (Wildman–Crippen MR) is 92.8 cm³/mol. The van der Waals surface area contributed by atoms with Crippen molar-refractivity contribution in [1.29, 1.82) is 0 Å². The molecule has 5 heteroatoms. The Labute approximate surface area is 140 Å². The van der Waals surface area contributed by atoms with Gasteiger partial charge in [0.1, 0.15) is 5.65 Å². The molecule has 4 nitrogen and oxygen atoms in total. The Balaban J connectivity index is 1.82. The molecule has 0 N–H and O–H groups in total. The second kappa shape index (κ2) is 6.52. The molecule has 1 aromatic carbocycles. The lowest BCUT2D eigenvalue weighted by Gasteiger charge is -2.17. The molecule has 2 aromatic heterocycles. The normalized spacial score (nSPS) is 11.3. The Morgan fingerprint density at radius 3 is 2.74 bits per heavy atom. The van der Waals surface area contributed by atoms with Gasteiger partial charge in [-0.05, 0) is 37.2 Å². The van der Waals surface area contributed by atoms with Gasteiger partial charge in [0.2, 0.25) is 0 Å². The Morgan fingerprint density at radius 2 is 1.96 bits per heavy atom. The quantitative estimate of drug-likeness (QED) is 0.738. The summed E-state index contributed by atoms with van der Waals surface area (Å²) < 4.78 is 1.58. The summed E-state index contributed by atoms with van der Waals surface area (Å²) in [5.74, 6) is 0. The van der Waals surface area contributed by atoms with E-state index in [2.05, 4.69) is 9.88 Å². The molecule has 3 aromatic rings. The topological polar surface area (TPSA) is 37.6 Å². The summed E-state index contributed by atoms with van der Waals surface area (Å²) in [5.41, 5.74) is 3.47. The molecule has 0 saturated carbocycles. The van der Waals surface area contributed by atoms with Crippen LogP contribution in [0.2, 0.25) is 5.02 Å². The number of aryl methyl sites for hydroxylation is 1. The third-order valence-corrected chi connectivity index (χ3v) is 4.06. The standard InChI is InChI=1S/C18H18ClN3O/c1-13-7-8-17-20-15(9-18(23)22(17)10-13)12-21(2)11-14-5-3-4-6-16(14)19/h3-10H,11-12H2,1-2H3. The molecule has 0 spiro atoms. The molecule has 0 radical (unpaired) electrons. The Kier molecular flexibility index (Phi) is 4.46. The third-order valence-electron chi connectivity index (χ3n) is 3.69. The first-order chi connectivity index (χ1) is 11.0. The highest BCUT2D eigenvalue weighted by atomic mass is 35.5. The molecule has 0 aliphatic heterocycles. The van der Waals surface area contributed by atoms with Gasteiger partial charge in [0.15, 0.2) is 0 Å². The zero-order valence-electron chi connectivity index (χ0n) is 13.2. The molecule has 3 rings (SSSR count). The maximum atomic E-state index is 12.2. The molecular weight excluding hydrogens is 310 g/mol. The second-order valence-electron chi connectivity index (χ2n) is 5.78. The number of hydrogen-bond acceptors (Lipinski definition) is 3. The van der Waals surface area contributed by atoms with Gasteiger partial charge in [0, 0.05) is 30.4 Å². The van der Waals surface area contributed by atoms with Gasteiger partial charge < -0.3 is 0 Å². The smallest absolute Gasteiger partial charge is 0.258 e. The lowest BCUT2D eigenvalue weighted by molar-refractivity contribution is 0.315. The maximum absolute atomic E-state index is 12.2. The van der Waals surface area contributed by atoms with Gasteiger partial charge in [-0.15, -0.1) is 0 Å². The summed E-state index contributed by atoms with van der Waals surface area (Å²) in [7, 11) is 1.99. The average Bonchev–Trinajstić information content (AvgIpc) is 2.50. The van der Waals surface area contributed by atoms with Crippen LogP contribution in [0, 0.1) is 6.92 Å². The zero-order valence-corrected chi connectivity index (χ0v) is 13.9. The molecule has 0 bridgehead atoms. The van der Waals surface area contributed by atoms with Crippen LogP contribution in [0.15, 0.2) is 53.5 Å². The predicted octanol–water partition coefficient (Wildman–Crippen LogP) is 3.29. The minimum absolute atomic E-state index is 0.0557. The molecule has 0 unspecified atom stereocenters. The first-order valence-corrected chi connectivity index (χ1v) is 7.81. The fourth-order valence-corrected chi connectivity index (χ4v) is 2.78. The molecular formula is C18H18ClN3O. The van der Waals surface area contributed by atoms with Crippen LogP contribution >= 0.6 is 11.6 Å². The Hall–Kier alpha value is -2.17. The van der Waals surface area contributed by atoms with Crippen molar-refractivity contribution in [2.75, 3.05) is 7.05 Å². The van der Waals surface area contributed by atoms with Crippen LogP contribution in [0.1, 0.15) is 16.8 Å². The van der Waals surface area contributed by atoms with E-state index in [9.17, 15) is 4.79 Å². The van der Waals surface area contributed by atoms with E-state index in [1.807, 2.05) is 56.6 Å². The lowest BCUT2D eigenvalue weighted by Crippen LogP contribution is -2.22. The van der Waals surface area contributed by atoms with Gasteiger partial charge in [0.05, 0.1) is 5.69 Å². The SMILES string of the molecule is Cc1ccc2nc(CN(C)Cc3ccccc3Cl)cc(=O)n2c1. The minimum atomic E-state index is -0.0557. The summed E-state index contributed by atoms with van der Waals surface area (Å²) in [6.45, 7) is 3.25. The van der Waals surface area contributed by atoms with Crippen LogP contribution in [0.5, 0.6) is 0 Å². The van der Waals surface area contributed by atoms with Crippen molar-refractivity contribution >= 4 is 17.2 Å². The van der Waals surface area contributed by atoms with E-state index < -0.39 is 0 Å². The van der Waals surface area contributed by atoms with Gasteiger partial charge in [0.25, 0.3) is 5.56 Å². The number of halogens is 1. The molecule has 0 saturated heterocycles. The first kappa shape index (κ1) is 15.7. The molecule has 118 valence electrons. The van der Waals surface area contributed by atoms with Crippen LogP contribution in [0.25, 0.3) is 5.65 Å². The molecule has 0 atom stereocenters. The zero-order chi connectivity index (χ0) is 16.4. The van der Waals surface area contributed by atoms with Crippen molar-refractivity contribution in [2.24, 2.45) is 0 Å². The summed E-state index contributed by atoms with van der Waals surface area (Å²) in [6.07, 6.45) is 1.81. The number of pyridine rings is 1. The number of nitrogens with zero attached hydrogens (tertiary/aromatic N) is 3.